The Morgan fingerprint density at radius 1 is 1.06 bits per heavy atom. The van der Waals surface area contributed by atoms with Crippen molar-refractivity contribution in [2.75, 3.05) is 6.54 Å². The fraction of sp³-hybridized carbons (Fsp3) is 0.304. The van der Waals surface area contributed by atoms with E-state index in [9.17, 15) is 22.4 Å². The van der Waals surface area contributed by atoms with Crippen molar-refractivity contribution in [2.45, 2.75) is 33.2 Å². The lowest BCUT2D eigenvalue weighted by Crippen LogP contribution is -2.48. The van der Waals surface area contributed by atoms with Crippen LogP contribution in [0.2, 0.25) is 0 Å². The summed E-state index contributed by atoms with van der Waals surface area (Å²) < 4.78 is 40.1. The molecule has 0 heterocycles. The topological polar surface area (TPSA) is 83.6 Å². The molecule has 1 unspecified atom stereocenters. The maximum absolute atomic E-state index is 13.2. The maximum Gasteiger partial charge on any atom is 0.257 e. The molecule has 0 saturated heterocycles. The first-order chi connectivity index (χ1) is 14.6. The molecule has 0 fully saturated rings. The van der Waals surface area contributed by atoms with E-state index in [1.807, 2.05) is 18.6 Å². The van der Waals surface area contributed by atoms with Gasteiger partial charge in [-0.2, -0.15) is 0 Å². The standard InChI is InChI=1S/C23H27FN2O4S/c1-4-26(17(2)3)23(28)21(16-19-10-12-20(24)13-11-19)22(27)25-31(29,30)15-14-18-8-6-5-7-9-18/h5-15,17,21H,4,16H2,1-3H3,(H,25,27)/b15-14+. The zero-order valence-electron chi connectivity index (χ0n) is 17.8. The predicted molar refractivity (Wildman–Crippen MR) is 119 cm³/mol. The van der Waals surface area contributed by atoms with Crippen molar-refractivity contribution in [1.29, 1.82) is 0 Å². The number of carbonyl (C=O) groups is 2. The molecular formula is C23H27FN2O4S. The van der Waals surface area contributed by atoms with Gasteiger partial charge in [0.1, 0.15) is 11.7 Å². The van der Waals surface area contributed by atoms with Gasteiger partial charge in [0, 0.05) is 12.6 Å². The molecule has 0 bridgehead atoms. The number of nitrogens with one attached hydrogen (secondary N) is 1. The van der Waals surface area contributed by atoms with Crippen LogP contribution >= 0.6 is 0 Å². The fourth-order valence-electron chi connectivity index (χ4n) is 3.10. The van der Waals surface area contributed by atoms with Crippen LogP contribution in [-0.4, -0.2) is 37.7 Å². The van der Waals surface area contributed by atoms with Crippen molar-refractivity contribution < 1.29 is 22.4 Å². The number of nitrogens with zero attached hydrogens (tertiary/aromatic N) is 1. The minimum absolute atomic E-state index is 0.0495. The zero-order chi connectivity index (χ0) is 23.0. The zero-order valence-corrected chi connectivity index (χ0v) is 18.6. The lowest BCUT2D eigenvalue weighted by Gasteiger charge is -2.29. The average molecular weight is 447 g/mol. The van der Waals surface area contributed by atoms with E-state index in [1.54, 1.807) is 37.3 Å². The van der Waals surface area contributed by atoms with Crippen LogP contribution < -0.4 is 4.72 Å². The van der Waals surface area contributed by atoms with E-state index in [0.29, 0.717) is 17.7 Å². The van der Waals surface area contributed by atoms with Crippen molar-refractivity contribution >= 4 is 27.9 Å². The SMILES string of the molecule is CCN(C(=O)C(Cc1ccc(F)cc1)C(=O)NS(=O)(=O)/C=C/c1ccccc1)C(C)C. The van der Waals surface area contributed by atoms with Crippen LogP contribution in [0.1, 0.15) is 31.9 Å². The van der Waals surface area contributed by atoms with Crippen molar-refractivity contribution in [3.63, 3.8) is 0 Å². The summed E-state index contributed by atoms with van der Waals surface area (Å²) in [5, 5.41) is 0.889. The molecule has 2 aromatic carbocycles. The summed E-state index contributed by atoms with van der Waals surface area (Å²) in [4.78, 5) is 27.5. The van der Waals surface area contributed by atoms with Crippen molar-refractivity contribution in [2.24, 2.45) is 5.92 Å². The number of benzene rings is 2. The second-order valence-electron chi connectivity index (χ2n) is 7.33. The minimum atomic E-state index is -4.12. The summed E-state index contributed by atoms with van der Waals surface area (Å²) in [6.45, 7) is 5.77. The Kier molecular flexibility index (Phi) is 8.50. The number of halogens is 1. The summed E-state index contributed by atoms with van der Waals surface area (Å²) in [7, 11) is -4.12. The Hall–Kier alpha value is -3.00. The molecule has 0 aromatic heterocycles. The van der Waals surface area contributed by atoms with Gasteiger partial charge in [0.15, 0.2) is 0 Å². The van der Waals surface area contributed by atoms with Crippen LogP contribution in [0.5, 0.6) is 0 Å². The summed E-state index contributed by atoms with van der Waals surface area (Å²) >= 11 is 0. The van der Waals surface area contributed by atoms with Gasteiger partial charge in [0.05, 0.1) is 5.41 Å². The van der Waals surface area contributed by atoms with E-state index >= 15 is 0 Å². The normalized spacial score (nSPS) is 12.7. The third kappa shape index (κ3) is 7.32. The van der Waals surface area contributed by atoms with Crippen LogP contribution in [0.4, 0.5) is 4.39 Å². The molecule has 0 aliphatic heterocycles. The van der Waals surface area contributed by atoms with Crippen molar-refractivity contribution in [3.05, 3.63) is 76.9 Å². The van der Waals surface area contributed by atoms with E-state index in [1.165, 1.54) is 35.2 Å². The van der Waals surface area contributed by atoms with Gasteiger partial charge < -0.3 is 4.90 Å². The number of rotatable bonds is 9. The van der Waals surface area contributed by atoms with E-state index in [-0.39, 0.29) is 12.5 Å². The third-order valence-electron chi connectivity index (χ3n) is 4.70. The highest BCUT2D eigenvalue weighted by atomic mass is 32.2. The summed E-state index contributed by atoms with van der Waals surface area (Å²) in [6, 6.07) is 14.0. The molecule has 0 aliphatic carbocycles. The Balaban J connectivity index is 2.26. The number of carbonyl (C=O) groups excluding carboxylic acids is 2. The van der Waals surface area contributed by atoms with Crippen LogP contribution in [0.15, 0.2) is 60.0 Å². The van der Waals surface area contributed by atoms with Gasteiger partial charge in [-0.05, 0) is 56.5 Å². The molecule has 6 nitrogen and oxygen atoms in total. The monoisotopic (exact) mass is 446 g/mol. The number of amides is 2. The molecule has 0 saturated carbocycles. The Labute approximate surface area is 182 Å². The van der Waals surface area contributed by atoms with Gasteiger partial charge in [0.2, 0.25) is 11.8 Å². The molecule has 1 N–H and O–H groups in total. The largest absolute Gasteiger partial charge is 0.340 e. The highest BCUT2D eigenvalue weighted by Crippen LogP contribution is 2.16. The molecule has 31 heavy (non-hydrogen) atoms. The third-order valence-corrected chi connectivity index (χ3v) is 5.68. The average Bonchev–Trinajstić information content (AvgIpc) is 2.72. The lowest BCUT2D eigenvalue weighted by molar-refractivity contribution is -0.142. The molecule has 0 radical (unpaired) electrons. The van der Waals surface area contributed by atoms with Gasteiger partial charge >= 0.3 is 0 Å². The van der Waals surface area contributed by atoms with Gasteiger partial charge in [-0.25, -0.2) is 17.5 Å². The second kappa shape index (κ2) is 10.9. The molecular weight excluding hydrogens is 419 g/mol. The second-order valence-corrected chi connectivity index (χ2v) is 8.89. The molecule has 2 aromatic rings. The van der Waals surface area contributed by atoms with E-state index in [0.717, 1.165) is 5.41 Å². The number of hydrogen-bond acceptors (Lipinski definition) is 4. The maximum atomic E-state index is 13.2. The van der Waals surface area contributed by atoms with Crippen molar-refractivity contribution in [3.8, 4) is 0 Å². The van der Waals surface area contributed by atoms with Crippen LogP contribution in [-0.2, 0) is 26.0 Å². The van der Waals surface area contributed by atoms with E-state index in [4.69, 9.17) is 0 Å². The molecule has 0 spiro atoms. The van der Waals surface area contributed by atoms with Crippen LogP contribution in [0.3, 0.4) is 0 Å². The predicted octanol–water partition coefficient (Wildman–Crippen LogP) is 3.36. The quantitative estimate of drug-likeness (QED) is 0.599. The number of sulfonamides is 1. The first-order valence-corrected chi connectivity index (χ1v) is 11.5. The fourth-order valence-corrected chi connectivity index (χ4v) is 3.93. The molecule has 1 atom stereocenters. The first kappa shape index (κ1) is 24.3. The Morgan fingerprint density at radius 3 is 2.23 bits per heavy atom. The summed E-state index contributed by atoms with van der Waals surface area (Å²) in [6.07, 6.45) is 1.31. The lowest BCUT2D eigenvalue weighted by atomic mass is 9.96. The smallest absolute Gasteiger partial charge is 0.257 e. The van der Waals surface area contributed by atoms with Gasteiger partial charge in [-0.1, -0.05) is 42.5 Å². The molecule has 0 aliphatic rings. The Bertz CT molecular complexity index is 1020. The van der Waals surface area contributed by atoms with Gasteiger partial charge in [0.25, 0.3) is 10.0 Å². The summed E-state index contributed by atoms with van der Waals surface area (Å²) in [5.74, 6) is -3.12. The van der Waals surface area contributed by atoms with Crippen LogP contribution in [0, 0.1) is 11.7 Å². The van der Waals surface area contributed by atoms with Gasteiger partial charge in [-0.15, -0.1) is 0 Å². The first-order valence-electron chi connectivity index (χ1n) is 9.97. The summed E-state index contributed by atoms with van der Waals surface area (Å²) in [5.41, 5.74) is 1.20. The molecule has 2 amide bonds. The van der Waals surface area contributed by atoms with E-state index < -0.39 is 33.6 Å². The molecule has 2 rings (SSSR count). The molecule has 8 heteroatoms. The highest BCUT2D eigenvalue weighted by molar-refractivity contribution is 7.93. The van der Waals surface area contributed by atoms with Gasteiger partial charge in [-0.3, -0.25) is 9.59 Å². The highest BCUT2D eigenvalue weighted by Gasteiger charge is 2.33. The Morgan fingerprint density at radius 2 is 1.68 bits per heavy atom. The molecule has 166 valence electrons. The number of hydrogen-bond donors (Lipinski definition) is 1. The van der Waals surface area contributed by atoms with Crippen LogP contribution in [0.25, 0.3) is 6.08 Å². The minimum Gasteiger partial charge on any atom is -0.340 e. The van der Waals surface area contributed by atoms with E-state index in [2.05, 4.69) is 0 Å². The van der Waals surface area contributed by atoms with Crippen molar-refractivity contribution in [1.82, 2.24) is 9.62 Å².